The Hall–Kier alpha value is -2.66. The molecule has 3 N–H and O–H groups in total. The molecule has 0 saturated heterocycles. The Balaban J connectivity index is 1.43. The number of hydrogen-bond donors (Lipinski definition) is 3. The molecule has 0 aliphatic heterocycles. The second kappa shape index (κ2) is 7.55. The number of hydrogen-bond acceptors (Lipinski definition) is 3. The van der Waals surface area contributed by atoms with E-state index in [4.69, 9.17) is 5.21 Å². The summed E-state index contributed by atoms with van der Waals surface area (Å²) in [4.78, 5) is 25.3. The van der Waals surface area contributed by atoms with Crippen molar-refractivity contribution in [3.63, 3.8) is 0 Å². The van der Waals surface area contributed by atoms with Gasteiger partial charge in [-0.25, -0.2) is 5.48 Å². The van der Waals surface area contributed by atoms with Gasteiger partial charge in [0.15, 0.2) is 0 Å². The van der Waals surface area contributed by atoms with Crippen LogP contribution in [0.1, 0.15) is 66.1 Å². The SMILES string of the molecule is O=C(NO)c1ccc(C(NC(=O)C23CC4CC(CC(C4)C2)C3)c2ccccc2)cc1. The van der Waals surface area contributed by atoms with Crippen LogP contribution in [0.25, 0.3) is 0 Å². The summed E-state index contributed by atoms with van der Waals surface area (Å²) < 4.78 is 0. The van der Waals surface area contributed by atoms with Crippen LogP contribution in [-0.2, 0) is 4.79 Å². The zero-order valence-electron chi connectivity index (χ0n) is 17.0. The van der Waals surface area contributed by atoms with Crippen molar-refractivity contribution in [3.05, 3.63) is 71.3 Å². The van der Waals surface area contributed by atoms with Crippen molar-refractivity contribution in [2.24, 2.45) is 23.2 Å². The highest BCUT2D eigenvalue weighted by Gasteiger charge is 2.54. The average Bonchev–Trinajstić information content (AvgIpc) is 2.76. The summed E-state index contributed by atoms with van der Waals surface area (Å²) >= 11 is 0. The molecule has 2 aromatic rings. The molecular weight excluding hydrogens is 376 g/mol. The third-order valence-electron chi connectivity index (χ3n) is 7.54. The Morgan fingerprint density at radius 2 is 1.37 bits per heavy atom. The predicted octanol–water partition coefficient (Wildman–Crippen LogP) is 4.23. The van der Waals surface area contributed by atoms with Gasteiger partial charge >= 0.3 is 0 Å². The molecule has 0 radical (unpaired) electrons. The highest BCUT2D eigenvalue weighted by molar-refractivity contribution is 5.93. The second-order valence-electron chi connectivity index (χ2n) is 9.58. The van der Waals surface area contributed by atoms with E-state index in [9.17, 15) is 9.59 Å². The molecule has 1 atom stereocenters. The molecule has 0 heterocycles. The molecule has 0 spiro atoms. The van der Waals surface area contributed by atoms with E-state index in [1.165, 1.54) is 19.3 Å². The molecule has 5 nitrogen and oxygen atoms in total. The van der Waals surface area contributed by atoms with Crippen molar-refractivity contribution < 1.29 is 14.8 Å². The summed E-state index contributed by atoms with van der Waals surface area (Å²) in [6, 6.07) is 16.8. The minimum Gasteiger partial charge on any atom is -0.345 e. The summed E-state index contributed by atoms with van der Waals surface area (Å²) in [6.07, 6.45) is 7.01. The molecule has 4 bridgehead atoms. The summed E-state index contributed by atoms with van der Waals surface area (Å²) in [7, 11) is 0. The van der Waals surface area contributed by atoms with Crippen LogP contribution in [0.15, 0.2) is 54.6 Å². The van der Waals surface area contributed by atoms with Crippen molar-refractivity contribution in [3.8, 4) is 0 Å². The van der Waals surface area contributed by atoms with Crippen LogP contribution < -0.4 is 10.8 Å². The number of amides is 2. The van der Waals surface area contributed by atoms with E-state index >= 15 is 0 Å². The van der Waals surface area contributed by atoms with Crippen LogP contribution in [0.4, 0.5) is 0 Å². The summed E-state index contributed by atoms with van der Waals surface area (Å²) in [5.41, 5.74) is 3.77. The average molecular weight is 405 g/mol. The molecule has 4 fully saturated rings. The fourth-order valence-corrected chi connectivity index (χ4v) is 6.57. The largest absolute Gasteiger partial charge is 0.345 e. The van der Waals surface area contributed by atoms with Gasteiger partial charge in [-0.2, -0.15) is 0 Å². The van der Waals surface area contributed by atoms with E-state index in [1.54, 1.807) is 17.6 Å². The number of rotatable bonds is 5. The lowest BCUT2D eigenvalue weighted by Gasteiger charge is -2.55. The monoisotopic (exact) mass is 404 g/mol. The van der Waals surface area contributed by atoms with E-state index < -0.39 is 5.91 Å². The molecule has 30 heavy (non-hydrogen) atoms. The molecule has 1 unspecified atom stereocenters. The molecule has 5 heteroatoms. The number of carbonyl (C=O) groups excluding carboxylic acids is 2. The molecule has 0 aromatic heterocycles. The van der Waals surface area contributed by atoms with Crippen molar-refractivity contribution in [2.75, 3.05) is 0 Å². The molecular formula is C25H28N2O3. The van der Waals surface area contributed by atoms with Crippen molar-refractivity contribution in [1.82, 2.24) is 10.8 Å². The van der Waals surface area contributed by atoms with E-state index in [0.29, 0.717) is 23.3 Å². The molecule has 4 saturated carbocycles. The number of benzene rings is 2. The van der Waals surface area contributed by atoms with Crippen LogP contribution in [-0.4, -0.2) is 17.0 Å². The van der Waals surface area contributed by atoms with E-state index in [-0.39, 0.29) is 17.4 Å². The zero-order valence-corrected chi connectivity index (χ0v) is 17.0. The maximum atomic E-state index is 13.7. The molecule has 4 aliphatic rings. The van der Waals surface area contributed by atoms with E-state index in [0.717, 1.165) is 30.4 Å². The van der Waals surface area contributed by atoms with Gasteiger partial charge < -0.3 is 5.32 Å². The first-order valence-corrected chi connectivity index (χ1v) is 11.0. The van der Waals surface area contributed by atoms with Gasteiger partial charge in [0.25, 0.3) is 5.91 Å². The van der Waals surface area contributed by atoms with Gasteiger partial charge in [-0.05, 0) is 79.5 Å². The Morgan fingerprint density at radius 3 is 1.90 bits per heavy atom. The van der Waals surface area contributed by atoms with Crippen LogP contribution >= 0.6 is 0 Å². The van der Waals surface area contributed by atoms with Crippen molar-refractivity contribution >= 4 is 11.8 Å². The normalized spacial score (nSPS) is 30.0. The minimum absolute atomic E-state index is 0.188. The topological polar surface area (TPSA) is 78.4 Å². The van der Waals surface area contributed by atoms with Crippen LogP contribution in [0, 0.1) is 23.2 Å². The molecule has 156 valence electrons. The quantitative estimate of drug-likeness (QED) is 0.516. The summed E-state index contributed by atoms with van der Waals surface area (Å²) in [5.74, 6) is 1.79. The Morgan fingerprint density at radius 1 is 0.833 bits per heavy atom. The third-order valence-corrected chi connectivity index (χ3v) is 7.54. The van der Waals surface area contributed by atoms with Gasteiger partial charge in [0, 0.05) is 11.0 Å². The van der Waals surface area contributed by atoms with Gasteiger partial charge in [-0.15, -0.1) is 0 Å². The second-order valence-corrected chi connectivity index (χ2v) is 9.58. The van der Waals surface area contributed by atoms with Crippen molar-refractivity contribution in [2.45, 2.75) is 44.6 Å². The maximum Gasteiger partial charge on any atom is 0.274 e. The van der Waals surface area contributed by atoms with Gasteiger partial charge in [0.05, 0.1) is 6.04 Å². The van der Waals surface area contributed by atoms with E-state index in [2.05, 4.69) is 5.32 Å². The van der Waals surface area contributed by atoms with Gasteiger partial charge in [0.2, 0.25) is 5.91 Å². The number of nitrogens with one attached hydrogen (secondary N) is 2. The Labute approximate surface area is 176 Å². The lowest BCUT2D eigenvalue weighted by Crippen LogP contribution is -2.54. The van der Waals surface area contributed by atoms with E-state index in [1.807, 2.05) is 42.5 Å². The summed E-state index contributed by atoms with van der Waals surface area (Å²) in [6.45, 7) is 0. The number of carbonyl (C=O) groups is 2. The predicted molar refractivity (Wildman–Crippen MR) is 113 cm³/mol. The lowest BCUT2D eigenvalue weighted by molar-refractivity contribution is -0.146. The van der Waals surface area contributed by atoms with Gasteiger partial charge in [-0.1, -0.05) is 42.5 Å². The van der Waals surface area contributed by atoms with Crippen LogP contribution in [0.2, 0.25) is 0 Å². The van der Waals surface area contributed by atoms with Crippen molar-refractivity contribution in [1.29, 1.82) is 0 Å². The van der Waals surface area contributed by atoms with Gasteiger partial charge in [0.1, 0.15) is 0 Å². The van der Waals surface area contributed by atoms with Gasteiger partial charge in [-0.3, -0.25) is 14.8 Å². The molecule has 6 rings (SSSR count). The van der Waals surface area contributed by atoms with Crippen LogP contribution in [0.5, 0.6) is 0 Å². The van der Waals surface area contributed by atoms with Crippen LogP contribution in [0.3, 0.4) is 0 Å². The zero-order chi connectivity index (χ0) is 20.7. The Kier molecular flexibility index (Phi) is 4.86. The fraction of sp³-hybridized carbons (Fsp3) is 0.440. The first kappa shape index (κ1) is 19.3. The lowest BCUT2D eigenvalue weighted by atomic mass is 9.49. The highest BCUT2D eigenvalue weighted by atomic mass is 16.5. The smallest absolute Gasteiger partial charge is 0.274 e. The Bertz CT molecular complexity index is 903. The first-order chi connectivity index (χ1) is 14.6. The number of hydroxylamine groups is 1. The molecule has 2 amide bonds. The molecule has 4 aliphatic carbocycles. The molecule has 2 aromatic carbocycles. The minimum atomic E-state index is -0.546. The first-order valence-electron chi connectivity index (χ1n) is 11.0. The fourth-order valence-electron chi connectivity index (χ4n) is 6.57. The highest BCUT2D eigenvalue weighted by Crippen LogP contribution is 2.60. The standard InChI is InChI=1S/C25H28N2O3/c28-23(27-30)21-8-6-20(7-9-21)22(19-4-2-1-3-5-19)26-24(29)25-13-16-10-17(14-25)12-18(11-16)15-25/h1-9,16-18,22,30H,10-15H2,(H,26,29)(H,27,28). The third kappa shape index (κ3) is 3.41. The maximum absolute atomic E-state index is 13.7. The summed E-state index contributed by atoms with van der Waals surface area (Å²) in [5, 5.41) is 12.2.